The number of nitrogens with zero attached hydrogens (tertiary/aromatic N) is 2. The standard InChI is InChI=1S/C25H22ClF3N4O2S/c26-18-5-3-16(20(10-18)25(27,28)29)9-19(15-4-6-21-17(8-15)12-31-32-21)22-23(34)33(24(35)36-22)13-14-2-1-7-30-11-14/h3-6,8,10,12,14,30H,1-2,7,9,11,13H2,(H,31,32)/b22-19-/t14-/m1/s1. The van der Waals surface area contributed by atoms with E-state index in [9.17, 15) is 22.8 Å². The highest BCUT2D eigenvalue weighted by molar-refractivity contribution is 8.18. The normalized spacial score (nSPS) is 20.4. The first-order valence-corrected chi connectivity index (χ1v) is 12.7. The van der Waals surface area contributed by atoms with Gasteiger partial charge >= 0.3 is 6.18 Å². The van der Waals surface area contributed by atoms with Crippen molar-refractivity contribution < 1.29 is 22.8 Å². The molecule has 2 aromatic carbocycles. The molecule has 188 valence electrons. The van der Waals surface area contributed by atoms with E-state index >= 15 is 0 Å². The number of H-pyrrole nitrogens is 1. The minimum atomic E-state index is -4.63. The predicted octanol–water partition coefficient (Wildman–Crippen LogP) is 5.88. The number of amides is 2. The van der Waals surface area contributed by atoms with Gasteiger partial charge < -0.3 is 5.32 Å². The molecule has 3 heterocycles. The van der Waals surface area contributed by atoms with Gasteiger partial charge in [-0.3, -0.25) is 19.6 Å². The summed E-state index contributed by atoms with van der Waals surface area (Å²) in [6.07, 6.45) is -1.37. The Balaban J connectivity index is 1.58. The van der Waals surface area contributed by atoms with Crippen LogP contribution < -0.4 is 5.32 Å². The smallest absolute Gasteiger partial charge is 0.316 e. The van der Waals surface area contributed by atoms with Gasteiger partial charge in [-0.05, 0) is 91.0 Å². The van der Waals surface area contributed by atoms with Gasteiger partial charge in [0.15, 0.2) is 0 Å². The third-order valence-corrected chi connectivity index (χ3v) is 7.75. The third-order valence-electron chi connectivity index (χ3n) is 6.50. The van der Waals surface area contributed by atoms with Gasteiger partial charge in [0, 0.05) is 17.0 Å². The summed E-state index contributed by atoms with van der Waals surface area (Å²) in [5, 5.41) is 10.4. The van der Waals surface area contributed by atoms with Crippen LogP contribution in [0.25, 0.3) is 16.5 Å². The monoisotopic (exact) mass is 534 g/mol. The Hall–Kier alpha value is -2.82. The van der Waals surface area contributed by atoms with Crippen LogP contribution in [0.5, 0.6) is 0 Å². The molecule has 2 aliphatic rings. The van der Waals surface area contributed by atoms with Gasteiger partial charge in [0.1, 0.15) is 0 Å². The average Bonchev–Trinajstić information content (AvgIpc) is 3.43. The van der Waals surface area contributed by atoms with Crippen molar-refractivity contribution in [3.8, 4) is 0 Å². The lowest BCUT2D eigenvalue weighted by Gasteiger charge is -2.26. The van der Waals surface area contributed by atoms with E-state index in [0.717, 1.165) is 48.1 Å². The van der Waals surface area contributed by atoms with Gasteiger partial charge in [-0.15, -0.1) is 0 Å². The Morgan fingerprint density at radius 3 is 2.78 bits per heavy atom. The maximum atomic E-state index is 13.9. The van der Waals surface area contributed by atoms with Crippen LogP contribution >= 0.6 is 23.4 Å². The van der Waals surface area contributed by atoms with E-state index in [1.807, 2.05) is 0 Å². The molecule has 1 aromatic heterocycles. The van der Waals surface area contributed by atoms with Crippen LogP contribution in [0.3, 0.4) is 0 Å². The Morgan fingerprint density at radius 2 is 2.03 bits per heavy atom. The first-order valence-electron chi connectivity index (χ1n) is 11.5. The van der Waals surface area contributed by atoms with Crippen molar-refractivity contribution in [2.24, 2.45) is 5.92 Å². The summed E-state index contributed by atoms with van der Waals surface area (Å²) in [4.78, 5) is 27.8. The molecule has 0 saturated carbocycles. The SMILES string of the molecule is O=C1S/C(=C(/Cc2ccc(Cl)cc2C(F)(F)F)c2ccc3[nH]ncc3c2)C(=O)N1C[C@@H]1CCCNC1. The quantitative estimate of drug-likeness (QED) is 0.399. The van der Waals surface area contributed by atoms with Crippen molar-refractivity contribution >= 4 is 51.0 Å². The summed E-state index contributed by atoms with van der Waals surface area (Å²) in [7, 11) is 0. The number of aromatic nitrogens is 2. The topological polar surface area (TPSA) is 78.1 Å². The first kappa shape index (κ1) is 24.9. The second-order valence-electron chi connectivity index (χ2n) is 8.95. The fourth-order valence-electron chi connectivity index (χ4n) is 4.68. The molecular formula is C25H22ClF3N4O2S. The van der Waals surface area contributed by atoms with Crippen LogP contribution in [0.1, 0.15) is 29.5 Å². The summed E-state index contributed by atoms with van der Waals surface area (Å²) >= 11 is 6.66. The molecule has 11 heteroatoms. The zero-order chi connectivity index (χ0) is 25.4. The minimum Gasteiger partial charge on any atom is -0.316 e. The molecular weight excluding hydrogens is 513 g/mol. The lowest BCUT2D eigenvalue weighted by molar-refractivity contribution is -0.138. The molecule has 2 saturated heterocycles. The molecule has 0 aliphatic carbocycles. The van der Waals surface area contributed by atoms with Crippen molar-refractivity contribution in [1.82, 2.24) is 20.4 Å². The van der Waals surface area contributed by atoms with Gasteiger partial charge in [0.25, 0.3) is 11.1 Å². The van der Waals surface area contributed by atoms with E-state index in [4.69, 9.17) is 11.6 Å². The van der Waals surface area contributed by atoms with Gasteiger partial charge in [0.05, 0.1) is 22.2 Å². The second-order valence-corrected chi connectivity index (χ2v) is 10.3. The number of carbonyl (C=O) groups is 2. The molecule has 1 atom stereocenters. The maximum Gasteiger partial charge on any atom is 0.416 e. The number of nitrogens with one attached hydrogen (secondary N) is 2. The van der Waals surface area contributed by atoms with E-state index in [-0.39, 0.29) is 34.4 Å². The molecule has 0 bridgehead atoms. The number of thioether (sulfide) groups is 1. The lowest BCUT2D eigenvalue weighted by Crippen LogP contribution is -2.40. The molecule has 36 heavy (non-hydrogen) atoms. The highest BCUT2D eigenvalue weighted by Crippen LogP contribution is 2.41. The van der Waals surface area contributed by atoms with Crippen molar-refractivity contribution in [1.29, 1.82) is 0 Å². The molecule has 3 aromatic rings. The fraction of sp³-hybridized carbons (Fsp3) is 0.320. The number of allylic oxidation sites excluding steroid dienone is 1. The van der Waals surface area contributed by atoms with E-state index < -0.39 is 22.9 Å². The fourth-order valence-corrected chi connectivity index (χ4v) is 5.80. The van der Waals surface area contributed by atoms with E-state index in [0.29, 0.717) is 17.7 Å². The summed E-state index contributed by atoms with van der Waals surface area (Å²) in [5.74, 6) is -0.328. The summed E-state index contributed by atoms with van der Waals surface area (Å²) in [6, 6.07) is 8.83. The Morgan fingerprint density at radius 1 is 1.19 bits per heavy atom. The number of hydrogen-bond acceptors (Lipinski definition) is 5. The number of imide groups is 1. The van der Waals surface area contributed by atoms with E-state index in [1.54, 1.807) is 24.4 Å². The number of aromatic amines is 1. The molecule has 0 radical (unpaired) electrons. The third kappa shape index (κ3) is 5.02. The van der Waals surface area contributed by atoms with Crippen LogP contribution in [0, 0.1) is 5.92 Å². The molecule has 2 fully saturated rings. The van der Waals surface area contributed by atoms with Crippen molar-refractivity contribution in [2.45, 2.75) is 25.4 Å². The highest BCUT2D eigenvalue weighted by atomic mass is 35.5. The van der Waals surface area contributed by atoms with Crippen LogP contribution in [0.15, 0.2) is 47.5 Å². The number of piperidine rings is 1. The van der Waals surface area contributed by atoms with Crippen LogP contribution in [0.2, 0.25) is 5.02 Å². The van der Waals surface area contributed by atoms with Crippen molar-refractivity contribution in [2.75, 3.05) is 19.6 Å². The van der Waals surface area contributed by atoms with Crippen molar-refractivity contribution in [3.05, 3.63) is 69.2 Å². The van der Waals surface area contributed by atoms with E-state index in [2.05, 4.69) is 15.5 Å². The average molecular weight is 535 g/mol. The number of carbonyl (C=O) groups excluding carboxylic acids is 2. The van der Waals surface area contributed by atoms with Gasteiger partial charge in [-0.2, -0.15) is 18.3 Å². The predicted molar refractivity (Wildman–Crippen MR) is 133 cm³/mol. The van der Waals surface area contributed by atoms with Gasteiger partial charge in [0.2, 0.25) is 0 Å². The summed E-state index contributed by atoms with van der Waals surface area (Å²) in [5.41, 5.74) is 0.760. The Bertz CT molecular complexity index is 1360. The van der Waals surface area contributed by atoms with Crippen LogP contribution in [-0.2, 0) is 17.4 Å². The number of hydrogen-bond donors (Lipinski definition) is 2. The lowest BCUT2D eigenvalue weighted by atomic mass is 9.93. The molecule has 5 rings (SSSR count). The molecule has 0 unspecified atom stereocenters. The molecule has 0 spiro atoms. The largest absolute Gasteiger partial charge is 0.416 e. The number of alkyl halides is 3. The molecule has 2 N–H and O–H groups in total. The number of fused-ring (bicyclic) bond motifs is 1. The van der Waals surface area contributed by atoms with Crippen molar-refractivity contribution in [3.63, 3.8) is 0 Å². The number of halogens is 4. The van der Waals surface area contributed by atoms with Crippen LogP contribution in [0.4, 0.5) is 18.0 Å². The summed E-state index contributed by atoms with van der Waals surface area (Å²) < 4.78 is 41.6. The zero-order valence-corrected chi connectivity index (χ0v) is 20.6. The second kappa shape index (κ2) is 9.91. The Kier molecular flexibility index (Phi) is 6.84. The van der Waals surface area contributed by atoms with Gasteiger partial charge in [-0.1, -0.05) is 23.7 Å². The first-order chi connectivity index (χ1) is 17.2. The highest BCUT2D eigenvalue weighted by Gasteiger charge is 2.40. The van der Waals surface area contributed by atoms with E-state index in [1.165, 1.54) is 17.0 Å². The number of rotatable bonds is 5. The summed E-state index contributed by atoms with van der Waals surface area (Å²) in [6.45, 7) is 1.90. The number of benzene rings is 2. The minimum absolute atomic E-state index is 0.0301. The van der Waals surface area contributed by atoms with Gasteiger partial charge in [-0.25, -0.2) is 0 Å². The van der Waals surface area contributed by atoms with Crippen LogP contribution in [-0.4, -0.2) is 45.9 Å². The molecule has 2 amide bonds. The zero-order valence-electron chi connectivity index (χ0n) is 19.0. The Labute approximate surface area is 214 Å². The molecule has 2 aliphatic heterocycles. The molecule has 6 nitrogen and oxygen atoms in total. The maximum absolute atomic E-state index is 13.9.